The van der Waals surface area contributed by atoms with Crippen molar-refractivity contribution in [1.29, 1.82) is 0 Å². The van der Waals surface area contributed by atoms with Crippen LogP contribution in [0.1, 0.15) is 38.5 Å². The number of phenolic OH excluding ortho intramolecular Hbond substituents is 1. The van der Waals surface area contributed by atoms with E-state index < -0.39 is 11.3 Å². The van der Waals surface area contributed by atoms with Crippen LogP contribution in [0.4, 0.5) is 23.4 Å². The lowest BCUT2D eigenvalue weighted by Crippen LogP contribution is -2.51. The van der Waals surface area contributed by atoms with E-state index in [1.165, 1.54) is 6.20 Å². The van der Waals surface area contributed by atoms with Gasteiger partial charge in [-0.05, 0) is 81.6 Å². The number of ether oxygens (including phenoxy) is 1. The second-order valence-corrected chi connectivity index (χ2v) is 12.6. The SMILES string of the molecule is Oc1ccc(SC(F)(F)F)c(-c2ncc3c(N4CC5CCC(C4)N5)nc(OCC45CCCN4CCC5)nc3c2F)c1. The standard InChI is InChI=1S/C28H30F4N6O2S/c29-22-23(19-11-18(39)5-6-21(19)41-28(30,31)32)33-12-20-24(22)35-26(40-15-27-7-1-9-38(27)10-2-8-27)36-25(20)37-13-16-3-4-17(14-37)34-16/h5-6,11-12,16-17,34,39H,1-4,7-10,13-15H2. The lowest BCUT2D eigenvalue weighted by Gasteiger charge is -2.34. The molecule has 0 spiro atoms. The fourth-order valence-corrected chi connectivity index (χ4v) is 7.71. The molecule has 6 heterocycles. The maximum atomic E-state index is 16.3. The van der Waals surface area contributed by atoms with Gasteiger partial charge in [0.1, 0.15) is 29.4 Å². The van der Waals surface area contributed by atoms with Crippen molar-refractivity contribution in [3.63, 3.8) is 0 Å². The lowest BCUT2D eigenvalue weighted by molar-refractivity contribution is -0.0328. The Bertz CT molecular complexity index is 1470. The molecule has 0 radical (unpaired) electrons. The smallest absolute Gasteiger partial charge is 0.446 e. The van der Waals surface area contributed by atoms with E-state index in [0.717, 1.165) is 69.8 Å². The quantitative estimate of drug-likeness (QED) is 0.301. The van der Waals surface area contributed by atoms with Gasteiger partial charge >= 0.3 is 11.5 Å². The molecule has 41 heavy (non-hydrogen) atoms. The number of hydrogen-bond donors (Lipinski definition) is 2. The molecule has 4 saturated heterocycles. The molecule has 2 atom stereocenters. The van der Waals surface area contributed by atoms with E-state index in [4.69, 9.17) is 9.72 Å². The molecule has 2 unspecified atom stereocenters. The lowest BCUT2D eigenvalue weighted by atomic mass is 9.95. The Balaban J connectivity index is 1.32. The summed E-state index contributed by atoms with van der Waals surface area (Å²) in [4.78, 5) is 17.8. The summed E-state index contributed by atoms with van der Waals surface area (Å²) in [5.74, 6) is -0.673. The Morgan fingerprint density at radius 3 is 2.54 bits per heavy atom. The minimum absolute atomic E-state index is 0.0448. The predicted octanol–water partition coefficient (Wildman–Crippen LogP) is 5.10. The van der Waals surface area contributed by atoms with Gasteiger partial charge < -0.3 is 20.1 Å². The zero-order valence-corrected chi connectivity index (χ0v) is 23.1. The zero-order valence-electron chi connectivity index (χ0n) is 22.3. The van der Waals surface area contributed by atoms with Crippen LogP contribution in [0.2, 0.25) is 0 Å². The molecule has 2 aromatic heterocycles. The summed E-state index contributed by atoms with van der Waals surface area (Å²) in [5.41, 5.74) is -5.24. The van der Waals surface area contributed by atoms with E-state index in [9.17, 15) is 18.3 Å². The normalized spacial score (nSPS) is 23.9. The molecule has 218 valence electrons. The summed E-state index contributed by atoms with van der Waals surface area (Å²) < 4.78 is 62.5. The van der Waals surface area contributed by atoms with Crippen molar-refractivity contribution in [2.45, 2.75) is 66.6 Å². The van der Waals surface area contributed by atoms with Crippen molar-refractivity contribution in [1.82, 2.24) is 25.2 Å². The summed E-state index contributed by atoms with van der Waals surface area (Å²) in [6, 6.07) is 3.96. The van der Waals surface area contributed by atoms with Crippen LogP contribution in [0.5, 0.6) is 11.8 Å². The maximum absolute atomic E-state index is 16.3. The Morgan fingerprint density at radius 1 is 1.10 bits per heavy atom. The highest BCUT2D eigenvalue weighted by Gasteiger charge is 2.45. The largest absolute Gasteiger partial charge is 0.508 e. The van der Waals surface area contributed by atoms with Crippen molar-refractivity contribution in [3.05, 3.63) is 30.2 Å². The number of aromatic nitrogens is 3. The molecule has 8 nitrogen and oxygen atoms in total. The molecule has 0 amide bonds. The highest BCUT2D eigenvalue weighted by molar-refractivity contribution is 8.00. The molecule has 2 bridgehead atoms. The topological polar surface area (TPSA) is 86.6 Å². The number of nitrogens with one attached hydrogen (secondary N) is 1. The first-order valence-corrected chi connectivity index (χ1v) is 14.8. The average Bonchev–Trinajstić information content (AvgIpc) is 3.61. The first-order chi connectivity index (χ1) is 19.7. The van der Waals surface area contributed by atoms with Gasteiger partial charge in [0, 0.05) is 41.8 Å². The van der Waals surface area contributed by atoms with Crippen LogP contribution in [-0.4, -0.2) is 80.9 Å². The summed E-state index contributed by atoms with van der Waals surface area (Å²) >= 11 is -0.383. The number of rotatable bonds is 6. The van der Waals surface area contributed by atoms with Crippen molar-refractivity contribution in [2.75, 3.05) is 37.7 Å². The van der Waals surface area contributed by atoms with Crippen LogP contribution in [0.15, 0.2) is 29.3 Å². The number of fused-ring (bicyclic) bond motifs is 4. The van der Waals surface area contributed by atoms with Gasteiger partial charge in [0.05, 0.1) is 10.9 Å². The average molecular weight is 591 g/mol. The molecule has 0 aliphatic carbocycles. The summed E-state index contributed by atoms with van der Waals surface area (Å²) in [7, 11) is 0. The van der Waals surface area contributed by atoms with Gasteiger partial charge in [0.2, 0.25) is 0 Å². The number of halogens is 4. The van der Waals surface area contributed by atoms with Gasteiger partial charge in [-0.2, -0.15) is 23.1 Å². The number of hydrogen-bond acceptors (Lipinski definition) is 9. The number of pyridine rings is 1. The predicted molar refractivity (Wildman–Crippen MR) is 147 cm³/mol. The first kappa shape index (κ1) is 27.0. The Labute approximate surface area is 238 Å². The Hall–Kier alpha value is -2.90. The third-order valence-corrected chi connectivity index (χ3v) is 9.69. The van der Waals surface area contributed by atoms with E-state index in [0.29, 0.717) is 43.0 Å². The van der Waals surface area contributed by atoms with E-state index in [2.05, 4.69) is 25.1 Å². The monoisotopic (exact) mass is 590 g/mol. The molecule has 13 heteroatoms. The van der Waals surface area contributed by atoms with E-state index in [1.54, 1.807) is 0 Å². The minimum atomic E-state index is -4.61. The first-order valence-electron chi connectivity index (χ1n) is 14.0. The molecular formula is C28H30F4N6O2S. The van der Waals surface area contributed by atoms with Crippen LogP contribution >= 0.6 is 11.8 Å². The Kier molecular flexibility index (Phi) is 6.66. The molecule has 7 rings (SSSR count). The van der Waals surface area contributed by atoms with Crippen molar-refractivity contribution in [3.8, 4) is 23.0 Å². The van der Waals surface area contributed by atoms with E-state index >= 15 is 4.39 Å². The highest BCUT2D eigenvalue weighted by Crippen LogP contribution is 2.44. The number of nitrogens with zero attached hydrogens (tertiary/aromatic N) is 5. The molecule has 0 saturated carbocycles. The molecular weight excluding hydrogens is 560 g/mol. The maximum Gasteiger partial charge on any atom is 0.446 e. The third kappa shape index (κ3) is 5.05. The summed E-state index contributed by atoms with van der Waals surface area (Å²) in [6.07, 6.45) is 7.74. The van der Waals surface area contributed by atoms with Gasteiger partial charge in [-0.1, -0.05) is 0 Å². The second-order valence-electron chi connectivity index (χ2n) is 11.5. The molecule has 3 aromatic rings. The van der Waals surface area contributed by atoms with Crippen LogP contribution in [0, 0.1) is 5.82 Å². The summed E-state index contributed by atoms with van der Waals surface area (Å²) in [5, 5.41) is 14.0. The molecule has 4 aliphatic rings. The number of alkyl halides is 3. The van der Waals surface area contributed by atoms with Crippen LogP contribution in [0.3, 0.4) is 0 Å². The van der Waals surface area contributed by atoms with Crippen molar-refractivity contribution in [2.24, 2.45) is 0 Å². The van der Waals surface area contributed by atoms with Gasteiger partial charge in [-0.15, -0.1) is 0 Å². The summed E-state index contributed by atoms with van der Waals surface area (Å²) in [6.45, 7) is 3.82. The Morgan fingerprint density at radius 2 is 1.83 bits per heavy atom. The third-order valence-electron chi connectivity index (χ3n) is 8.88. The van der Waals surface area contributed by atoms with Gasteiger partial charge in [0.25, 0.3) is 0 Å². The number of aromatic hydroxyl groups is 1. The van der Waals surface area contributed by atoms with Crippen molar-refractivity contribution >= 4 is 28.5 Å². The fourth-order valence-electron chi connectivity index (χ4n) is 7.06. The van der Waals surface area contributed by atoms with E-state index in [1.807, 2.05) is 0 Å². The number of phenols is 1. The zero-order chi connectivity index (χ0) is 28.4. The minimum Gasteiger partial charge on any atom is -0.508 e. The molecule has 1 aromatic carbocycles. The molecule has 4 aliphatic heterocycles. The van der Waals surface area contributed by atoms with Crippen LogP contribution in [-0.2, 0) is 0 Å². The number of anilines is 1. The van der Waals surface area contributed by atoms with Crippen LogP contribution < -0.4 is 15.0 Å². The fraction of sp³-hybridized carbons (Fsp3) is 0.536. The van der Waals surface area contributed by atoms with Gasteiger partial charge in [-0.25, -0.2) is 4.39 Å². The van der Waals surface area contributed by atoms with Crippen molar-refractivity contribution < 1.29 is 27.4 Å². The van der Waals surface area contributed by atoms with Gasteiger partial charge in [-0.3, -0.25) is 9.88 Å². The second kappa shape index (κ2) is 10.1. The van der Waals surface area contributed by atoms with Crippen LogP contribution in [0.25, 0.3) is 22.2 Å². The molecule has 2 N–H and O–H groups in total. The van der Waals surface area contributed by atoms with E-state index in [-0.39, 0.29) is 50.7 Å². The number of piperazine rings is 1. The van der Waals surface area contributed by atoms with Gasteiger partial charge in [0.15, 0.2) is 5.82 Å². The number of thioether (sulfide) groups is 1. The number of benzene rings is 1. The molecule has 4 fully saturated rings. The highest BCUT2D eigenvalue weighted by atomic mass is 32.2.